The van der Waals surface area contributed by atoms with Crippen molar-refractivity contribution in [2.45, 2.75) is 69.6 Å². The smallest absolute Gasteiger partial charge is 0.338 e. The minimum Gasteiger partial charge on any atom is -0.489 e. The van der Waals surface area contributed by atoms with Crippen LogP contribution in [-0.4, -0.2) is 54.3 Å². The van der Waals surface area contributed by atoms with E-state index < -0.39 is 23.5 Å². The van der Waals surface area contributed by atoms with Gasteiger partial charge in [-0.25, -0.2) is 4.79 Å². The van der Waals surface area contributed by atoms with Crippen LogP contribution in [0.1, 0.15) is 43.1 Å². The van der Waals surface area contributed by atoms with E-state index in [0.717, 1.165) is 5.56 Å². The van der Waals surface area contributed by atoms with E-state index in [0.29, 0.717) is 24.3 Å². The van der Waals surface area contributed by atoms with Crippen molar-refractivity contribution in [2.24, 2.45) is 11.8 Å². The van der Waals surface area contributed by atoms with Gasteiger partial charge in [0.25, 0.3) is 0 Å². The minimum absolute atomic E-state index is 0.00263. The van der Waals surface area contributed by atoms with Crippen LogP contribution in [0.25, 0.3) is 0 Å². The summed E-state index contributed by atoms with van der Waals surface area (Å²) in [6.07, 6.45) is -0.414. The number of ether oxygens (including phenoxy) is 6. The van der Waals surface area contributed by atoms with Gasteiger partial charge in [0.2, 0.25) is 0 Å². The molecule has 2 saturated carbocycles. The molecule has 2 aromatic carbocycles. The molecule has 8 heteroatoms. The van der Waals surface area contributed by atoms with Gasteiger partial charge in [-0.3, -0.25) is 4.79 Å². The third-order valence-electron chi connectivity index (χ3n) is 7.68. The van der Waals surface area contributed by atoms with Crippen LogP contribution in [0.2, 0.25) is 0 Å². The van der Waals surface area contributed by atoms with Gasteiger partial charge in [-0.1, -0.05) is 30.3 Å². The maximum absolute atomic E-state index is 13.1. The van der Waals surface area contributed by atoms with E-state index >= 15 is 0 Å². The number of carbonyl (C=O) groups excluding carboxylic acids is 2. The number of esters is 2. The highest BCUT2D eigenvalue weighted by molar-refractivity contribution is 5.89. The zero-order chi connectivity index (χ0) is 25.1. The zero-order valence-corrected chi connectivity index (χ0v) is 20.5. The molecule has 190 valence electrons. The quantitative estimate of drug-likeness (QED) is 0.425. The van der Waals surface area contributed by atoms with E-state index in [1.807, 2.05) is 44.2 Å². The van der Waals surface area contributed by atoms with Crippen LogP contribution in [0.5, 0.6) is 5.75 Å². The lowest BCUT2D eigenvalue weighted by Gasteiger charge is -2.29. The molecule has 0 N–H and O–H groups in total. The Morgan fingerprint density at radius 3 is 2.47 bits per heavy atom. The molecule has 7 atom stereocenters. The predicted octanol–water partition coefficient (Wildman–Crippen LogP) is 3.66. The molecule has 4 fully saturated rings. The molecule has 2 heterocycles. The third kappa shape index (κ3) is 4.07. The number of hydrogen-bond donors (Lipinski definition) is 0. The van der Waals surface area contributed by atoms with Crippen LogP contribution in [0.4, 0.5) is 0 Å². The molecule has 0 amide bonds. The van der Waals surface area contributed by atoms with Gasteiger partial charge in [0.05, 0.1) is 17.8 Å². The van der Waals surface area contributed by atoms with E-state index in [1.165, 1.54) is 6.92 Å². The van der Waals surface area contributed by atoms with Crippen LogP contribution >= 0.6 is 0 Å². The molecule has 6 rings (SSSR count). The molecular weight excluding hydrogens is 464 g/mol. The van der Waals surface area contributed by atoms with Gasteiger partial charge in [0.15, 0.2) is 5.79 Å². The molecule has 8 nitrogen and oxygen atoms in total. The van der Waals surface area contributed by atoms with Crippen molar-refractivity contribution in [1.82, 2.24) is 0 Å². The summed E-state index contributed by atoms with van der Waals surface area (Å²) < 4.78 is 35.7. The summed E-state index contributed by atoms with van der Waals surface area (Å²) in [5.74, 6) is -0.896. The zero-order valence-electron chi connectivity index (χ0n) is 20.5. The molecule has 0 bridgehead atoms. The maximum atomic E-state index is 13.1. The number of epoxide rings is 1. The molecule has 0 radical (unpaired) electrons. The van der Waals surface area contributed by atoms with Crippen molar-refractivity contribution >= 4 is 11.9 Å². The fourth-order valence-electron chi connectivity index (χ4n) is 6.22. The molecule has 0 aromatic heterocycles. The Balaban J connectivity index is 1.14. The first-order valence-corrected chi connectivity index (χ1v) is 12.4. The second kappa shape index (κ2) is 8.57. The van der Waals surface area contributed by atoms with Crippen LogP contribution < -0.4 is 4.74 Å². The molecule has 0 spiro atoms. The average Bonchev–Trinajstić information content (AvgIpc) is 3.24. The molecular formula is C28H30O8. The summed E-state index contributed by atoms with van der Waals surface area (Å²) in [5.41, 5.74) is 0.791. The van der Waals surface area contributed by atoms with Crippen molar-refractivity contribution in [3.05, 3.63) is 65.7 Å². The van der Waals surface area contributed by atoms with E-state index in [4.69, 9.17) is 28.4 Å². The van der Waals surface area contributed by atoms with Crippen LogP contribution in [0.3, 0.4) is 0 Å². The summed E-state index contributed by atoms with van der Waals surface area (Å²) >= 11 is 0. The molecule has 2 aliphatic heterocycles. The molecule has 2 saturated heterocycles. The van der Waals surface area contributed by atoms with E-state index in [1.54, 1.807) is 24.3 Å². The fourth-order valence-corrected chi connectivity index (χ4v) is 6.22. The largest absolute Gasteiger partial charge is 0.489 e. The Bertz CT molecular complexity index is 1150. The minimum atomic E-state index is -0.709. The lowest BCUT2D eigenvalue weighted by Crippen LogP contribution is -2.39. The lowest BCUT2D eigenvalue weighted by molar-refractivity contribution is -0.170. The van der Waals surface area contributed by atoms with E-state index in [2.05, 4.69) is 0 Å². The topological polar surface area (TPSA) is 92.8 Å². The number of benzene rings is 2. The Morgan fingerprint density at radius 2 is 1.75 bits per heavy atom. The molecule has 2 aliphatic carbocycles. The Labute approximate surface area is 209 Å². The number of hydrogen-bond acceptors (Lipinski definition) is 8. The Kier molecular flexibility index (Phi) is 5.59. The van der Waals surface area contributed by atoms with Crippen molar-refractivity contribution in [1.29, 1.82) is 0 Å². The van der Waals surface area contributed by atoms with Gasteiger partial charge in [-0.2, -0.15) is 0 Å². The first kappa shape index (κ1) is 23.5. The summed E-state index contributed by atoms with van der Waals surface area (Å²) in [5, 5.41) is 0. The SMILES string of the molecule is CC(=O)OC[C@@]12O[C@@H]1[C@@H](OC(=O)c1ccc(OCc3ccccc3)cc1)[C@@H]1C[C@H]3OC(C)(C)O[C@H]3[C@@H]12. The van der Waals surface area contributed by atoms with Crippen molar-refractivity contribution in [2.75, 3.05) is 6.61 Å². The molecule has 0 unspecified atom stereocenters. The highest BCUT2D eigenvalue weighted by Gasteiger charge is 2.80. The number of fused-ring (bicyclic) bond motifs is 5. The van der Waals surface area contributed by atoms with Gasteiger partial charge in [-0.05, 0) is 50.1 Å². The van der Waals surface area contributed by atoms with Gasteiger partial charge in [0.1, 0.15) is 36.8 Å². The van der Waals surface area contributed by atoms with Crippen molar-refractivity contribution in [3.8, 4) is 5.75 Å². The normalized spacial score (nSPS) is 34.9. The van der Waals surface area contributed by atoms with Gasteiger partial charge in [-0.15, -0.1) is 0 Å². The molecule has 2 aromatic rings. The van der Waals surface area contributed by atoms with Gasteiger partial charge < -0.3 is 28.4 Å². The standard InChI is InChI=1S/C28H30O8/c1-16(29)32-15-28-22-20(13-21-24(22)35-27(2,3)34-21)23(25(28)36-28)33-26(30)18-9-11-19(12-10-18)31-14-17-7-5-4-6-8-17/h4-12,20-25H,13-15H2,1-3H3/t20-,21-,22-,23+,24-,25-,28+/m1/s1. The van der Waals surface area contributed by atoms with Gasteiger partial charge >= 0.3 is 11.9 Å². The number of carbonyl (C=O) groups is 2. The maximum Gasteiger partial charge on any atom is 0.338 e. The first-order chi connectivity index (χ1) is 17.3. The Morgan fingerprint density at radius 1 is 1.00 bits per heavy atom. The van der Waals surface area contributed by atoms with Gasteiger partial charge in [0, 0.05) is 18.8 Å². The predicted molar refractivity (Wildman–Crippen MR) is 126 cm³/mol. The van der Waals surface area contributed by atoms with Crippen LogP contribution in [0, 0.1) is 11.8 Å². The highest BCUT2D eigenvalue weighted by Crippen LogP contribution is 2.65. The second-order valence-electron chi connectivity index (χ2n) is 10.5. The van der Waals surface area contributed by atoms with Crippen molar-refractivity contribution in [3.63, 3.8) is 0 Å². The summed E-state index contributed by atoms with van der Waals surface area (Å²) in [4.78, 5) is 24.7. The number of rotatable bonds is 7. The monoisotopic (exact) mass is 494 g/mol. The first-order valence-electron chi connectivity index (χ1n) is 12.4. The second-order valence-corrected chi connectivity index (χ2v) is 10.5. The third-order valence-corrected chi connectivity index (χ3v) is 7.68. The molecule has 4 aliphatic rings. The summed E-state index contributed by atoms with van der Waals surface area (Å²) in [7, 11) is 0. The highest BCUT2D eigenvalue weighted by atomic mass is 16.8. The Hall–Kier alpha value is -2.94. The average molecular weight is 495 g/mol. The fraction of sp³-hybridized carbons (Fsp3) is 0.500. The van der Waals surface area contributed by atoms with Crippen LogP contribution in [-0.2, 0) is 35.1 Å². The van der Waals surface area contributed by atoms with Crippen LogP contribution in [0.15, 0.2) is 54.6 Å². The van der Waals surface area contributed by atoms with E-state index in [9.17, 15) is 9.59 Å². The molecule has 36 heavy (non-hydrogen) atoms. The summed E-state index contributed by atoms with van der Waals surface area (Å²) in [6, 6.07) is 16.8. The van der Waals surface area contributed by atoms with Crippen molar-refractivity contribution < 1.29 is 38.0 Å². The van der Waals surface area contributed by atoms with E-state index in [-0.39, 0.29) is 42.7 Å². The lowest BCUT2D eigenvalue weighted by atomic mass is 9.89. The summed E-state index contributed by atoms with van der Waals surface area (Å²) in [6.45, 7) is 5.72.